The lowest BCUT2D eigenvalue weighted by Crippen LogP contribution is -1.97. The summed E-state index contributed by atoms with van der Waals surface area (Å²) in [5.74, 6) is -10.9. The Labute approximate surface area is 338 Å². The number of hydrogen-bond donors (Lipinski definition) is 10. The molecule has 10 N–H and O–H groups in total. The van der Waals surface area contributed by atoms with Gasteiger partial charge in [0.1, 0.15) is 0 Å². The third-order valence-corrected chi connectivity index (χ3v) is 11.2. The normalized spacial score (nSPS) is 11.7. The average molecular weight is 797 g/mol. The molecular weight excluding hydrogens is 765 g/mol. The van der Waals surface area contributed by atoms with Gasteiger partial charge in [-0.05, 0) is 89.0 Å². The molecule has 0 saturated heterocycles. The molecule has 60 heavy (non-hydrogen) atoms. The van der Waals surface area contributed by atoms with E-state index < -0.39 is 68.6 Å². The second-order valence-electron chi connectivity index (χ2n) is 14.5. The zero-order chi connectivity index (χ0) is 41.7. The lowest BCUT2D eigenvalue weighted by molar-refractivity contribution is 0.330. The number of rotatable bonds is 5. The standard InChI is InChI=1S/C48H32N2O10/c51-39-37(40(52)44(56)47(59)43(39)55)25-18-26(38-41(53)45(57)48(60)46(58)42(38)54)20-28(19-25)50-34-13-7-5-11-30(34)32-22-24(15-17-36(32)50)23-14-16-35-31(21-23)29-10-4-6-12-33(29)49(35)27-8-2-1-3-9-27/h1-22,51-60H. The van der Waals surface area contributed by atoms with Gasteiger partial charge in [0, 0.05) is 32.9 Å². The van der Waals surface area contributed by atoms with Crippen LogP contribution in [0.4, 0.5) is 0 Å². The molecular formula is C48H32N2O10. The van der Waals surface area contributed by atoms with Gasteiger partial charge in [0.15, 0.2) is 23.0 Å². The Hall–Kier alpha value is -8.64. The van der Waals surface area contributed by atoms with Crippen LogP contribution in [0, 0.1) is 0 Å². The highest BCUT2D eigenvalue weighted by Gasteiger charge is 2.29. The van der Waals surface area contributed by atoms with Crippen molar-refractivity contribution in [3.8, 4) is 102 Å². The summed E-state index contributed by atoms with van der Waals surface area (Å²) in [6, 6.07) is 42.5. The number of aromatic hydroxyl groups is 10. The number of fused-ring (bicyclic) bond motifs is 6. The molecule has 12 nitrogen and oxygen atoms in total. The summed E-state index contributed by atoms with van der Waals surface area (Å²) in [6.45, 7) is 0. The number of phenols is 10. The first-order valence-corrected chi connectivity index (χ1v) is 18.6. The smallest absolute Gasteiger partial charge is 0.208 e. The maximum Gasteiger partial charge on any atom is 0.208 e. The number of nitrogens with zero attached hydrogens (tertiary/aromatic N) is 2. The minimum atomic E-state index is -1.17. The van der Waals surface area contributed by atoms with E-state index in [0.29, 0.717) is 11.0 Å². The summed E-state index contributed by atoms with van der Waals surface area (Å²) in [4.78, 5) is 0. The minimum Gasteiger partial charge on any atom is -0.504 e. The molecule has 0 aliphatic carbocycles. The molecule has 0 aliphatic rings. The van der Waals surface area contributed by atoms with Crippen molar-refractivity contribution in [2.75, 3.05) is 0 Å². The molecule has 2 aromatic heterocycles. The Kier molecular flexibility index (Phi) is 7.71. The van der Waals surface area contributed by atoms with Crippen molar-refractivity contribution in [2.24, 2.45) is 0 Å². The molecule has 0 saturated carbocycles. The first-order chi connectivity index (χ1) is 28.9. The molecule has 0 spiro atoms. The van der Waals surface area contributed by atoms with Gasteiger partial charge in [0.2, 0.25) is 34.5 Å². The summed E-state index contributed by atoms with van der Waals surface area (Å²) in [5.41, 5.74) is 5.43. The molecule has 294 valence electrons. The maximum absolute atomic E-state index is 11.0. The van der Waals surface area contributed by atoms with Gasteiger partial charge in [-0.1, -0.05) is 66.7 Å². The van der Waals surface area contributed by atoms with Crippen LogP contribution in [0.3, 0.4) is 0 Å². The molecule has 8 aromatic carbocycles. The summed E-state index contributed by atoms with van der Waals surface area (Å²) in [6.07, 6.45) is 0. The van der Waals surface area contributed by atoms with Gasteiger partial charge in [-0.3, -0.25) is 0 Å². The molecule has 0 aliphatic heterocycles. The van der Waals surface area contributed by atoms with E-state index in [9.17, 15) is 51.1 Å². The van der Waals surface area contributed by atoms with E-state index in [1.54, 1.807) is 0 Å². The first-order valence-electron chi connectivity index (χ1n) is 18.6. The second-order valence-corrected chi connectivity index (χ2v) is 14.5. The zero-order valence-corrected chi connectivity index (χ0v) is 31.1. The number of phenolic OH excluding ortho intramolecular Hbond substituents is 10. The molecule has 0 fully saturated rings. The number of hydrogen-bond acceptors (Lipinski definition) is 10. The SMILES string of the molecule is Oc1c(O)c(O)c(-c2cc(-c3c(O)c(O)c(O)c(O)c3O)cc(-n3c4ccccc4c4cc(-c5ccc6c(c5)c5ccccc5n6-c5ccccc5)ccc43)c2)c(O)c1O. The molecule has 0 unspecified atom stereocenters. The maximum atomic E-state index is 11.0. The van der Waals surface area contributed by atoms with Crippen LogP contribution in [0.5, 0.6) is 57.5 Å². The third kappa shape index (κ3) is 5.04. The monoisotopic (exact) mass is 796 g/mol. The fraction of sp³-hybridized carbons (Fsp3) is 0. The highest BCUT2D eigenvalue weighted by atomic mass is 16.4. The van der Waals surface area contributed by atoms with Crippen LogP contribution in [0.2, 0.25) is 0 Å². The van der Waals surface area contributed by atoms with E-state index >= 15 is 0 Å². The second kappa shape index (κ2) is 12.9. The Morgan fingerprint density at radius 2 is 0.600 bits per heavy atom. The van der Waals surface area contributed by atoms with Crippen LogP contribution >= 0.6 is 0 Å². The Bertz CT molecular complexity index is 3300. The fourth-order valence-electron chi connectivity index (χ4n) is 8.38. The van der Waals surface area contributed by atoms with Gasteiger partial charge in [0.25, 0.3) is 0 Å². The van der Waals surface area contributed by atoms with Crippen LogP contribution in [0.25, 0.3) is 88.4 Å². The minimum absolute atomic E-state index is 0.112. The number of benzene rings is 8. The van der Waals surface area contributed by atoms with Gasteiger partial charge in [-0.15, -0.1) is 0 Å². The Balaban J connectivity index is 1.22. The molecule has 0 radical (unpaired) electrons. The van der Waals surface area contributed by atoms with Crippen molar-refractivity contribution >= 4 is 43.6 Å². The fourth-order valence-corrected chi connectivity index (χ4v) is 8.38. The van der Waals surface area contributed by atoms with Crippen molar-refractivity contribution in [3.63, 3.8) is 0 Å². The van der Waals surface area contributed by atoms with Gasteiger partial charge in [-0.2, -0.15) is 0 Å². The van der Waals surface area contributed by atoms with Crippen LogP contribution in [-0.2, 0) is 0 Å². The largest absolute Gasteiger partial charge is 0.504 e. The van der Waals surface area contributed by atoms with Crippen LogP contribution in [0.1, 0.15) is 0 Å². The molecule has 0 atom stereocenters. The predicted molar refractivity (Wildman–Crippen MR) is 228 cm³/mol. The number of aromatic nitrogens is 2. The van der Waals surface area contributed by atoms with Crippen molar-refractivity contribution in [2.45, 2.75) is 0 Å². The molecule has 12 heteroatoms. The third-order valence-electron chi connectivity index (χ3n) is 11.2. The summed E-state index contributed by atoms with van der Waals surface area (Å²) in [7, 11) is 0. The predicted octanol–water partition coefficient (Wildman–Crippen LogP) is 9.94. The summed E-state index contributed by atoms with van der Waals surface area (Å²) < 4.78 is 4.08. The zero-order valence-electron chi connectivity index (χ0n) is 31.1. The lowest BCUT2D eigenvalue weighted by Gasteiger charge is -2.18. The Morgan fingerprint density at radius 3 is 1.03 bits per heavy atom. The average Bonchev–Trinajstić information content (AvgIpc) is 3.79. The van der Waals surface area contributed by atoms with Crippen LogP contribution in [-0.4, -0.2) is 60.2 Å². The van der Waals surface area contributed by atoms with Crippen molar-refractivity contribution in [1.82, 2.24) is 9.13 Å². The van der Waals surface area contributed by atoms with Gasteiger partial charge in [-0.25, -0.2) is 0 Å². The van der Waals surface area contributed by atoms with Crippen LogP contribution in [0.15, 0.2) is 133 Å². The van der Waals surface area contributed by atoms with E-state index in [4.69, 9.17) is 0 Å². The van der Waals surface area contributed by atoms with E-state index in [-0.39, 0.29) is 16.8 Å². The first kappa shape index (κ1) is 35.8. The molecule has 10 aromatic rings. The molecule has 10 rings (SSSR count). The van der Waals surface area contributed by atoms with E-state index in [0.717, 1.165) is 49.4 Å². The highest BCUT2D eigenvalue weighted by Crippen LogP contribution is 2.58. The molecule has 0 amide bonds. The van der Waals surface area contributed by atoms with Crippen molar-refractivity contribution < 1.29 is 51.1 Å². The van der Waals surface area contributed by atoms with E-state index in [1.807, 2.05) is 71.3 Å². The van der Waals surface area contributed by atoms with Crippen molar-refractivity contribution in [3.05, 3.63) is 133 Å². The summed E-state index contributed by atoms with van der Waals surface area (Å²) >= 11 is 0. The molecule has 0 bridgehead atoms. The topological polar surface area (TPSA) is 212 Å². The van der Waals surface area contributed by atoms with Gasteiger partial charge >= 0.3 is 0 Å². The highest BCUT2D eigenvalue weighted by molar-refractivity contribution is 6.13. The van der Waals surface area contributed by atoms with Gasteiger partial charge in [0.05, 0.1) is 33.2 Å². The summed E-state index contributed by atoms with van der Waals surface area (Å²) in [5, 5.41) is 110. The van der Waals surface area contributed by atoms with Crippen LogP contribution < -0.4 is 0 Å². The van der Waals surface area contributed by atoms with E-state index in [2.05, 4.69) is 53.1 Å². The quantitative estimate of drug-likeness (QED) is 0.0588. The van der Waals surface area contributed by atoms with E-state index in [1.165, 1.54) is 18.2 Å². The lowest BCUT2D eigenvalue weighted by atomic mass is 9.94. The van der Waals surface area contributed by atoms with Crippen molar-refractivity contribution in [1.29, 1.82) is 0 Å². The van der Waals surface area contributed by atoms with Gasteiger partial charge < -0.3 is 60.2 Å². The molecule has 2 heterocycles. The Morgan fingerprint density at radius 1 is 0.250 bits per heavy atom. The number of para-hydroxylation sites is 3.